The number of fused-ring (bicyclic) bond motifs is 2. The first-order valence-electron chi connectivity index (χ1n) is 6.94. The van der Waals surface area contributed by atoms with E-state index in [1.165, 1.54) is 5.56 Å². The summed E-state index contributed by atoms with van der Waals surface area (Å²) in [5.41, 5.74) is 1.99. The van der Waals surface area contributed by atoms with Crippen molar-refractivity contribution in [1.82, 2.24) is 19.7 Å². The average molecular weight is 281 g/mol. The van der Waals surface area contributed by atoms with Gasteiger partial charge in [-0.2, -0.15) is 5.10 Å². The summed E-state index contributed by atoms with van der Waals surface area (Å²) in [5.74, 6) is 1.76. The van der Waals surface area contributed by atoms with Crippen LogP contribution in [0.15, 0.2) is 36.8 Å². The summed E-state index contributed by atoms with van der Waals surface area (Å²) in [5, 5.41) is 8.69. The van der Waals surface area contributed by atoms with Crippen molar-refractivity contribution in [2.24, 2.45) is 7.05 Å². The second-order valence-electron chi connectivity index (χ2n) is 5.10. The van der Waals surface area contributed by atoms with Crippen molar-refractivity contribution in [3.05, 3.63) is 42.4 Å². The number of nitrogens with zero attached hydrogens (tertiary/aromatic N) is 4. The van der Waals surface area contributed by atoms with Crippen molar-refractivity contribution in [2.45, 2.75) is 12.5 Å². The molecule has 1 aromatic carbocycles. The van der Waals surface area contributed by atoms with Gasteiger partial charge < -0.3 is 10.1 Å². The fourth-order valence-corrected chi connectivity index (χ4v) is 2.73. The van der Waals surface area contributed by atoms with Gasteiger partial charge in [-0.15, -0.1) is 0 Å². The van der Waals surface area contributed by atoms with E-state index in [0.717, 1.165) is 29.0 Å². The lowest BCUT2D eigenvalue weighted by atomic mass is 10.0. The van der Waals surface area contributed by atoms with Crippen molar-refractivity contribution in [1.29, 1.82) is 0 Å². The molecule has 21 heavy (non-hydrogen) atoms. The number of anilines is 1. The van der Waals surface area contributed by atoms with Gasteiger partial charge in [-0.3, -0.25) is 4.68 Å². The van der Waals surface area contributed by atoms with Crippen molar-refractivity contribution in [2.75, 3.05) is 11.9 Å². The predicted molar refractivity (Wildman–Crippen MR) is 79.2 cm³/mol. The van der Waals surface area contributed by atoms with E-state index >= 15 is 0 Å². The summed E-state index contributed by atoms with van der Waals surface area (Å²) in [6.45, 7) is 0.704. The van der Waals surface area contributed by atoms with E-state index in [4.69, 9.17) is 4.74 Å². The number of aryl methyl sites for hydroxylation is 1. The van der Waals surface area contributed by atoms with E-state index < -0.39 is 0 Å². The molecule has 3 heterocycles. The zero-order valence-corrected chi connectivity index (χ0v) is 11.7. The fourth-order valence-electron chi connectivity index (χ4n) is 2.73. The van der Waals surface area contributed by atoms with E-state index in [9.17, 15) is 0 Å². The zero-order chi connectivity index (χ0) is 14.2. The van der Waals surface area contributed by atoms with Crippen LogP contribution in [0.1, 0.15) is 18.0 Å². The Kier molecular flexibility index (Phi) is 2.73. The summed E-state index contributed by atoms with van der Waals surface area (Å²) in [6, 6.07) is 8.30. The van der Waals surface area contributed by atoms with E-state index in [2.05, 4.69) is 26.4 Å². The van der Waals surface area contributed by atoms with Crippen molar-refractivity contribution < 1.29 is 4.74 Å². The molecule has 0 unspecified atom stereocenters. The molecule has 0 saturated heterocycles. The molecule has 0 bridgehead atoms. The second-order valence-corrected chi connectivity index (χ2v) is 5.10. The highest BCUT2D eigenvalue weighted by Gasteiger charge is 2.22. The molecule has 0 spiro atoms. The molecule has 1 aliphatic rings. The average Bonchev–Trinajstić information content (AvgIpc) is 2.90. The van der Waals surface area contributed by atoms with Gasteiger partial charge in [0.15, 0.2) is 5.65 Å². The summed E-state index contributed by atoms with van der Waals surface area (Å²) < 4.78 is 7.44. The van der Waals surface area contributed by atoms with E-state index in [1.807, 2.05) is 25.2 Å². The first-order chi connectivity index (χ1) is 10.3. The van der Waals surface area contributed by atoms with Crippen LogP contribution in [-0.4, -0.2) is 26.4 Å². The molecule has 6 nitrogen and oxygen atoms in total. The molecule has 3 aromatic rings. The minimum Gasteiger partial charge on any atom is -0.493 e. The molecular weight excluding hydrogens is 266 g/mol. The molecule has 0 fully saturated rings. The Balaban J connectivity index is 1.73. The normalized spacial score (nSPS) is 17.3. The number of aromatic nitrogens is 4. The first kappa shape index (κ1) is 12.1. The molecule has 1 N–H and O–H groups in total. The lowest BCUT2D eigenvalue weighted by Gasteiger charge is -2.27. The van der Waals surface area contributed by atoms with Gasteiger partial charge in [0.1, 0.15) is 17.9 Å². The highest BCUT2D eigenvalue weighted by molar-refractivity contribution is 5.86. The van der Waals surface area contributed by atoms with Gasteiger partial charge in [0, 0.05) is 19.0 Å². The Morgan fingerprint density at radius 3 is 3.14 bits per heavy atom. The summed E-state index contributed by atoms with van der Waals surface area (Å²) in [4.78, 5) is 8.63. The highest BCUT2D eigenvalue weighted by atomic mass is 16.5. The molecular formula is C15H15N5O. The van der Waals surface area contributed by atoms with Crippen molar-refractivity contribution in [3.63, 3.8) is 0 Å². The molecule has 0 saturated carbocycles. The maximum atomic E-state index is 5.69. The molecule has 1 atom stereocenters. The molecule has 106 valence electrons. The third kappa shape index (κ3) is 1.99. The molecule has 2 aromatic heterocycles. The minimum absolute atomic E-state index is 0.188. The SMILES string of the molecule is Cn1ncc2c(N[C@H]3CCOc4ccccc43)ncnc21. The Labute approximate surface area is 121 Å². The third-order valence-electron chi connectivity index (χ3n) is 3.80. The fraction of sp³-hybridized carbons (Fsp3) is 0.267. The van der Waals surface area contributed by atoms with Crippen LogP contribution in [0.4, 0.5) is 5.82 Å². The van der Waals surface area contributed by atoms with Gasteiger partial charge in [0.2, 0.25) is 0 Å². The maximum absolute atomic E-state index is 5.69. The van der Waals surface area contributed by atoms with Gasteiger partial charge >= 0.3 is 0 Å². The molecule has 0 amide bonds. The lowest BCUT2D eigenvalue weighted by Crippen LogP contribution is -2.20. The molecule has 0 aliphatic carbocycles. The number of benzene rings is 1. The van der Waals surface area contributed by atoms with Gasteiger partial charge in [0.05, 0.1) is 24.2 Å². The largest absolute Gasteiger partial charge is 0.493 e. The smallest absolute Gasteiger partial charge is 0.163 e. The van der Waals surface area contributed by atoms with Crippen molar-refractivity contribution >= 4 is 16.9 Å². The number of ether oxygens (including phenoxy) is 1. The van der Waals surface area contributed by atoms with Gasteiger partial charge in [-0.25, -0.2) is 9.97 Å². The summed E-state index contributed by atoms with van der Waals surface area (Å²) in [7, 11) is 1.88. The predicted octanol–water partition coefficient (Wildman–Crippen LogP) is 2.30. The Hall–Kier alpha value is -2.63. The van der Waals surface area contributed by atoms with Crippen LogP contribution in [0.2, 0.25) is 0 Å². The van der Waals surface area contributed by atoms with Crippen LogP contribution in [0, 0.1) is 0 Å². The number of para-hydroxylation sites is 1. The highest BCUT2D eigenvalue weighted by Crippen LogP contribution is 2.34. The summed E-state index contributed by atoms with van der Waals surface area (Å²) in [6.07, 6.45) is 4.27. The number of hydrogen-bond donors (Lipinski definition) is 1. The molecule has 6 heteroatoms. The Bertz CT molecular complexity index is 798. The molecule has 0 radical (unpaired) electrons. The summed E-state index contributed by atoms with van der Waals surface area (Å²) >= 11 is 0. The van der Waals surface area contributed by atoms with Gasteiger partial charge in [-0.1, -0.05) is 18.2 Å². The number of nitrogens with one attached hydrogen (secondary N) is 1. The minimum atomic E-state index is 0.188. The maximum Gasteiger partial charge on any atom is 0.163 e. The molecule has 1 aliphatic heterocycles. The zero-order valence-electron chi connectivity index (χ0n) is 11.7. The van der Waals surface area contributed by atoms with Crippen LogP contribution in [-0.2, 0) is 7.05 Å². The number of hydrogen-bond acceptors (Lipinski definition) is 5. The van der Waals surface area contributed by atoms with Gasteiger partial charge in [-0.05, 0) is 6.07 Å². The van der Waals surface area contributed by atoms with Crippen LogP contribution in [0.5, 0.6) is 5.75 Å². The van der Waals surface area contributed by atoms with Crippen LogP contribution < -0.4 is 10.1 Å². The first-order valence-corrected chi connectivity index (χ1v) is 6.94. The molecule has 4 rings (SSSR count). The lowest BCUT2D eigenvalue weighted by molar-refractivity contribution is 0.274. The van der Waals surface area contributed by atoms with E-state index in [-0.39, 0.29) is 6.04 Å². The third-order valence-corrected chi connectivity index (χ3v) is 3.80. The number of rotatable bonds is 2. The van der Waals surface area contributed by atoms with Crippen LogP contribution in [0.25, 0.3) is 11.0 Å². The van der Waals surface area contributed by atoms with Crippen LogP contribution in [0.3, 0.4) is 0 Å². The van der Waals surface area contributed by atoms with E-state index in [0.29, 0.717) is 6.61 Å². The van der Waals surface area contributed by atoms with Crippen molar-refractivity contribution in [3.8, 4) is 5.75 Å². The van der Waals surface area contributed by atoms with Crippen LogP contribution >= 0.6 is 0 Å². The van der Waals surface area contributed by atoms with Gasteiger partial charge in [0.25, 0.3) is 0 Å². The standard InChI is InChI=1S/C15H15N5O/c1-20-15-11(8-18-20)14(16-9-17-15)19-12-6-7-21-13-5-3-2-4-10(12)13/h2-5,8-9,12H,6-7H2,1H3,(H,16,17,19)/t12-/m0/s1. The Morgan fingerprint density at radius 2 is 2.19 bits per heavy atom. The Morgan fingerprint density at radius 1 is 1.29 bits per heavy atom. The van der Waals surface area contributed by atoms with E-state index in [1.54, 1.807) is 17.2 Å². The topological polar surface area (TPSA) is 64.9 Å². The second kappa shape index (κ2) is 4.73. The monoisotopic (exact) mass is 281 g/mol. The quantitative estimate of drug-likeness (QED) is 0.780.